The van der Waals surface area contributed by atoms with Crippen molar-refractivity contribution in [3.63, 3.8) is 0 Å². The molecule has 39 heavy (non-hydrogen) atoms. The number of rotatable bonds is 10. The predicted molar refractivity (Wildman–Crippen MR) is 115 cm³/mol. The maximum absolute atomic E-state index is 11.6. The third-order valence-corrected chi connectivity index (χ3v) is 9.46. The van der Waals surface area contributed by atoms with Crippen molar-refractivity contribution in [1.82, 2.24) is 0 Å². The summed E-state index contributed by atoms with van der Waals surface area (Å²) in [4.78, 5) is 94.4. The van der Waals surface area contributed by atoms with Gasteiger partial charge in [-0.3, -0.25) is 9.13 Å². The molecule has 6 N–H and O–H groups in total. The minimum absolute atomic E-state index is 0. The maximum atomic E-state index is 11.6. The maximum Gasteiger partial charge on any atom is 4.00 e. The van der Waals surface area contributed by atoms with Gasteiger partial charge < -0.3 is 67.1 Å². The standard InChI is InChI=1S/2C6H9O10P3.Zr/c2*7-17(8,16-19(12,13)14)6-4-2-1-3-5(6)15-18(9,10)11;/h2*1-4H,(H,7,8)(H2,9,10,11)(H2,12,13,14);/q;;+4/p-4. The first-order valence-corrected chi connectivity index (χ1v) is 17.8. The molecule has 2 rings (SSSR count). The van der Waals surface area contributed by atoms with E-state index in [0.717, 1.165) is 36.4 Å². The van der Waals surface area contributed by atoms with Gasteiger partial charge in [0.25, 0.3) is 0 Å². The summed E-state index contributed by atoms with van der Waals surface area (Å²) >= 11 is 0. The number of phosphoric acid groups is 4. The van der Waals surface area contributed by atoms with Crippen LogP contribution in [0.2, 0.25) is 0 Å². The van der Waals surface area contributed by atoms with Gasteiger partial charge in [-0.15, -0.1) is 0 Å². The van der Waals surface area contributed by atoms with Crippen LogP contribution in [-0.4, -0.2) is 29.4 Å². The van der Waals surface area contributed by atoms with Crippen molar-refractivity contribution in [2.45, 2.75) is 0 Å². The molecular weight excluding hydrogens is 741 g/mol. The van der Waals surface area contributed by atoms with Crippen molar-refractivity contribution < 1.29 is 120 Å². The molecule has 0 saturated heterocycles. The molecule has 20 nitrogen and oxygen atoms in total. The van der Waals surface area contributed by atoms with Gasteiger partial charge in [-0.25, -0.2) is 17.8 Å². The molecule has 0 fully saturated rings. The van der Waals surface area contributed by atoms with E-state index in [9.17, 15) is 56.8 Å². The minimum Gasteiger partial charge on any atom is -0.780 e. The average molecular weight is 755 g/mol. The average Bonchev–Trinajstić information content (AvgIpc) is 2.62. The van der Waals surface area contributed by atoms with Gasteiger partial charge in [-0.05, 0) is 24.3 Å². The van der Waals surface area contributed by atoms with Crippen LogP contribution in [0.5, 0.6) is 11.5 Å². The zero-order chi connectivity index (χ0) is 29.8. The van der Waals surface area contributed by atoms with E-state index in [1.54, 1.807) is 0 Å². The summed E-state index contributed by atoms with van der Waals surface area (Å²) in [5, 5.41) is -1.74. The first-order valence-electron chi connectivity index (χ1n) is 8.63. The van der Waals surface area contributed by atoms with Gasteiger partial charge in [0.2, 0.25) is 0 Å². The van der Waals surface area contributed by atoms with Crippen LogP contribution in [0, 0.1) is 0 Å². The molecule has 0 heterocycles. The quantitative estimate of drug-likeness (QED) is 0.138. The largest absolute Gasteiger partial charge is 4.00 e. The fraction of sp³-hybridized carbons (Fsp3) is 0. The van der Waals surface area contributed by atoms with Crippen molar-refractivity contribution in [3.05, 3.63) is 48.5 Å². The van der Waals surface area contributed by atoms with Gasteiger partial charge in [-0.2, -0.15) is 0 Å². The first-order chi connectivity index (χ1) is 16.8. The Morgan fingerprint density at radius 1 is 0.513 bits per heavy atom. The molecule has 0 bridgehead atoms. The van der Waals surface area contributed by atoms with Crippen LogP contribution in [0.3, 0.4) is 0 Å². The van der Waals surface area contributed by atoms with Gasteiger partial charge in [0.1, 0.15) is 37.8 Å². The fourth-order valence-electron chi connectivity index (χ4n) is 2.15. The van der Waals surface area contributed by atoms with Crippen LogP contribution < -0.4 is 39.2 Å². The Balaban J connectivity index is 0.000000722. The molecular formula is C12H14O20P6Zr. The van der Waals surface area contributed by atoms with Gasteiger partial charge >= 0.3 is 57.0 Å². The second-order valence-corrected chi connectivity index (χ2v) is 14.7. The van der Waals surface area contributed by atoms with Crippen molar-refractivity contribution in [2.24, 2.45) is 0 Å². The molecule has 0 aliphatic carbocycles. The molecule has 0 aliphatic rings. The first kappa shape index (κ1) is 38.8. The fourth-order valence-corrected chi connectivity index (χ4v) is 7.45. The Morgan fingerprint density at radius 2 is 0.769 bits per heavy atom. The summed E-state index contributed by atoms with van der Waals surface area (Å²) in [5.41, 5.74) is 0. The zero-order valence-corrected chi connectivity index (χ0v) is 26.0. The summed E-state index contributed by atoms with van der Waals surface area (Å²) in [5.74, 6) is -1.70. The summed E-state index contributed by atoms with van der Waals surface area (Å²) in [6.45, 7) is 0. The van der Waals surface area contributed by atoms with Gasteiger partial charge in [0.15, 0.2) is 0 Å². The van der Waals surface area contributed by atoms with E-state index in [-0.39, 0.29) is 26.2 Å². The Bertz CT molecular complexity index is 1310. The van der Waals surface area contributed by atoms with E-state index in [1.165, 1.54) is 12.1 Å². The van der Waals surface area contributed by atoms with Crippen LogP contribution >= 0.6 is 46.5 Å². The number of phosphoric ester groups is 2. The zero-order valence-electron chi connectivity index (χ0n) is 18.2. The smallest absolute Gasteiger partial charge is 0.780 e. The third-order valence-electron chi connectivity index (χ3n) is 3.19. The van der Waals surface area contributed by atoms with Crippen LogP contribution in [0.25, 0.3) is 0 Å². The predicted octanol–water partition coefficient (Wildman–Crippen LogP) is -2.37. The summed E-state index contributed by atoms with van der Waals surface area (Å²) in [6, 6.07) is 7.98. The summed E-state index contributed by atoms with van der Waals surface area (Å²) < 4.78 is 80.4. The molecule has 0 amide bonds. The molecule has 216 valence electrons. The molecule has 2 atom stereocenters. The monoisotopic (exact) mass is 754 g/mol. The van der Waals surface area contributed by atoms with Gasteiger partial charge in [0.05, 0.1) is 0 Å². The normalized spacial score (nSPS) is 15.4. The van der Waals surface area contributed by atoms with E-state index < -0.39 is 68.6 Å². The Labute approximate surface area is 236 Å². The second kappa shape index (κ2) is 14.3. The van der Waals surface area contributed by atoms with Crippen LogP contribution in [0.15, 0.2) is 48.5 Å². The third kappa shape index (κ3) is 15.6. The summed E-state index contributed by atoms with van der Waals surface area (Å²) in [7, 11) is -31.8. The van der Waals surface area contributed by atoms with E-state index in [2.05, 4.69) is 17.7 Å². The van der Waals surface area contributed by atoms with E-state index >= 15 is 0 Å². The van der Waals surface area contributed by atoms with Gasteiger partial charge in [0, 0.05) is 0 Å². The molecule has 0 radical (unpaired) electrons. The Morgan fingerprint density at radius 3 is 1.00 bits per heavy atom. The molecule has 0 spiro atoms. The van der Waals surface area contributed by atoms with Crippen LogP contribution in [0.4, 0.5) is 0 Å². The molecule has 2 unspecified atom stereocenters. The van der Waals surface area contributed by atoms with E-state index in [1.807, 2.05) is 0 Å². The Kier molecular flexibility index (Phi) is 14.3. The Hall–Kier alpha value is -0.177. The number of benzene rings is 2. The van der Waals surface area contributed by atoms with Crippen LogP contribution in [0.1, 0.15) is 0 Å². The van der Waals surface area contributed by atoms with E-state index in [0.29, 0.717) is 0 Å². The molecule has 2 aromatic rings. The number of hydrogen-bond acceptors (Lipinski definition) is 14. The van der Waals surface area contributed by atoms with Crippen molar-refractivity contribution in [1.29, 1.82) is 0 Å². The number of para-hydroxylation sites is 2. The number of hydrogen-bond donors (Lipinski definition) is 6. The van der Waals surface area contributed by atoms with E-state index in [4.69, 9.17) is 19.6 Å². The van der Waals surface area contributed by atoms with Crippen molar-refractivity contribution >= 4 is 57.1 Å². The summed E-state index contributed by atoms with van der Waals surface area (Å²) in [6.07, 6.45) is 0. The molecule has 0 saturated carbocycles. The molecule has 0 aliphatic heterocycles. The van der Waals surface area contributed by atoms with Crippen LogP contribution in [-0.2, 0) is 62.2 Å². The topological polar surface area (TPSA) is 353 Å². The second-order valence-electron chi connectivity index (χ2n) is 6.20. The molecule has 0 aromatic heterocycles. The molecule has 2 aromatic carbocycles. The molecule has 27 heteroatoms. The minimum atomic E-state index is -5.52. The van der Waals surface area contributed by atoms with Crippen molar-refractivity contribution in [2.75, 3.05) is 0 Å². The van der Waals surface area contributed by atoms with Crippen molar-refractivity contribution in [3.8, 4) is 11.5 Å². The SMILES string of the molecule is O=P([O-])([O-])Oc1ccccc1P(=O)(O)OP(=O)(O)O.O=P([O-])([O-])Oc1ccccc1P(=O)(O)OP(=O)(O)O.[Zr+4]. The van der Waals surface area contributed by atoms with Gasteiger partial charge in [-0.1, -0.05) is 24.3 Å².